The molecule has 0 aliphatic heterocycles. The number of aliphatic hydroxyl groups is 1. The Bertz CT molecular complexity index is 216. The molecule has 0 heterocycles. The molecule has 2 rings (SSSR count). The highest BCUT2D eigenvalue weighted by molar-refractivity contribution is 4.92. The standard InChI is InChI=1S/C14H26O/c1-14(2,3)13-6-4-5-10-9-11(15)7-8-12(10)13/h10-13,15H,4-9H2,1-3H3. The molecule has 2 saturated carbocycles. The minimum absolute atomic E-state index is 0.00460. The van der Waals surface area contributed by atoms with Crippen LogP contribution >= 0.6 is 0 Å². The second-order valence-electron chi connectivity index (χ2n) is 6.79. The molecule has 0 saturated heterocycles. The van der Waals surface area contributed by atoms with Gasteiger partial charge in [-0.15, -0.1) is 0 Å². The number of rotatable bonds is 0. The van der Waals surface area contributed by atoms with E-state index in [1.807, 2.05) is 0 Å². The second-order valence-corrected chi connectivity index (χ2v) is 6.79. The zero-order chi connectivity index (χ0) is 11.1. The Labute approximate surface area is 94.3 Å². The molecule has 0 aromatic carbocycles. The van der Waals surface area contributed by atoms with Crippen LogP contribution in [0.25, 0.3) is 0 Å². The van der Waals surface area contributed by atoms with Crippen molar-refractivity contribution in [2.24, 2.45) is 23.2 Å². The van der Waals surface area contributed by atoms with Crippen molar-refractivity contribution in [1.82, 2.24) is 0 Å². The molecule has 2 fully saturated rings. The van der Waals surface area contributed by atoms with Crippen LogP contribution in [0.4, 0.5) is 0 Å². The minimum atomic E-state index is 0.00460. The molecule has 1 heteroatoms. The Morgan fingerprint density at radius 1 is 1.00 bits per heavy atom. The van der Waals surface area contributed by atoms with Crippen LogP contribution in [-0.4, -0.2) is 11.2 Å². The van der Waals surface area contributed by atoms with Gasteiger partial charge in [-0.25, -0.2) is 0 Å². The van der Waals surface area contributed by atoms with Crippen LogP contribution in [0.2, 0.25) is 0 Å². The number of hydrogen-bond acceptors (Lipinski definition) is 1. The molecule has 1 N–H and O–H groups in total. The van der Waals surface area contributed by atoms with E-state index in [0.29, 0.717) is 5.41 Å². The third kappa shape index (κ3) is 2.38. The maximum absolute atomic E-state index is 9.74. The van der Waals surface area contributed by atoms with Gasteiger partial charge in [0.2, 0.25) is 0 Å². The van der Waals surface area contributed by atoms with E-state index in [2.05, 4.69) is 20.8 Å². The van der Waals surface area contributed by atoms with E-state index in [0.717, 1.165) is 30.6 Å². The molecule has 0 spiro atoms. The molecule has 0 aromatic rings. The second kappa shape index (κ2) is 4.08. The average Bonchev–Trinajstić information content (AvgIpc) is 2.15. The van der Waals surface area contributed by atoms with E-state index in [4.69, 9.17) is 0 Å². The smallest absolute Gasteiger partial charge is 0.0543 e. The molecule has 1 nitrogen and oxygen atoms in total. The zero-order valence-electron chi connectivity index (χ0n) is 10.5. The van der Waals surface area contributed by atoms with Crippen molar-refractivity contribution in [3.8, 4) is 0 Å². The summed E-state index contributed by atoms with van der Waals surface area (Å²) in [5.74, 6) is 2.62. The molecule has 0 bridgehead atoms. The van der Waals surface area contributed by atoms with Crippen LogP contribution < -0.4 is 0 Å². The van der Waals surface area contributed by atoms with Crippen molar-refractivity contribution in [3.63, 3.8) is 0 Å². The summed E-state index contributed by atoms with van der Waals surface area (Å²) in [6.45, 7) is 7.18. The fourth-order valence-corrected chi connectivity index (χ4v) is 4.01. The van der Waals surface area contributed by atoms with Crippen molar-refractivity contribution < 1.29 is 5.11 Å². The summed E-state index contributed by atoms with van der Waals surface area (Å²) in [5.41, 5.74) is 0.464. The molecular weight excluding hydrogens is 184 g/mol. The zero-order valence-corrected chi connectivity index (χ0v) is 10.5. The van der Waals surface area contributed by atoms with Gasteiger partial charge in [0.1, 0.15) is 0 Å². The molecule has 0 radical (unpaired) electrons. The van der Waals surface area contributed by atoms with Crippen LogP contribution in [0, 0.1) is 23.2 Å². The summed E-state index contributed by atoms with van der Waals surface area (Å²) >= 11 is 0. The summed E-state index contributed by atoms with van der Waals surface area (Å²) in [6.07, 6.45) is 7.58. The first-order valence-electron chi connectivity index (χ1n) is 6.66. The largest absolute Gasteiger partial charge is 0.393 e. The quantitative estimate of drug-likeness (QED) is 0.647. The first kappa shape index (κ1) is 11.4. The highest BCUT2D eigenvalue weighted by atomic mass is 16.3. The molecule has 0 aromatic heterocycles. The first-order chi connectivity index (χ1) is 6.98. The lowest BCUT2D eigenvalue weighted by molar-refractivity contribution is -0.0134. The normalized spacial score (nSPS) is 42.4. The molecule has 0 amide bonds. The van der Waals surface area contributed by atoms with Gasteiger partial charge in [-0.1, -0.05) is 33.6 Å². The van der Waals surface area contributed by atoms with Crippen molar-refractivity contribution in [2.75, 3.05) is 0 Å². The van der Waals surface area contributed by atoms with Gasteiger partial charge in [-0.2, -0.15) is 0 Å². The van der Waals surface area contributed by atoms with E-state index in [9.17, 15) is 5.11 Å². The van der Waals surface area contributed by atoms with Crippen LogP contribution in [0.3, 0.4) is 0 Å². The van der Waals surface area contributed by atoms with Crippen LogP contribution in [0.1, 0.15) is 59.3 Å². The summed E-state index contributed by atoms with van der Waals surface area (Å²) < 4.78 is 0. The molecule has 88 valence electrons. The van der Waals surface area contributed by atoms with Gasteiger partial charge in [-0.3, -0.25) is 0 Å². The van der Waals surface area contributed by atoms with Gasteiger partial charge >= 0.3 is 0 Å². The van der Waals surface area contributed by atoms with Crippen LogP contribution in [-0.2, 0) is 0 Å². The molecule has 4 atom stereocenters. The Balaban J connectivity index is 2.08. The van der Waals surface area contributed by atoms with Crippen molar-refractivity contribution in [2.45, 2.75) is 65.4 Å². The van der Waals surface area contributed by atoms with Gasteiger partial charge < -0.3 is 5.11 Å². The number of aliphatic hydroxyl groups excluding tert-OH is 1. The van der Waals surface area contributed by atoms with Crippen molar-refractivity contribution in [1.29, 1.82) is 0 Å². The van der Waals surface area contributed by atoms with Gasteiger partial charge in [0.25, 0.3) is 0 Å². The van der Waals surface area contributed by atoms with Gasteiger partial charge in [-0.05, 0) is 48.9 Å². The van der Waals surface area contributed by atoms with E-state index in [-0.39, 0.29) is 6.10 Å². The highest BCUT2D eigenvalue weighted by Gasteiger charge is 2.41. The van der Waals surface area contributed by atoms with Crippen LogP contribution in [0.15, 0.2) is 0 Å². The Morgan fingerprint density at radius 2 is 1.73 bits per heavy atom. The Morgan fingerprint density at radius 3 is 2.40 bits per heavy atom. The van der Waals surface area contributed by atoms with Gasteiger partial charge in [0, 0.05) is 0 Å². The molecular formula is C14H26O. The fourth-order valence-electron chi connectivity index (χ4n) is 4.01. The summed E-state index contributed by atoms with van der Waals surface area (Å²) in [4.78, 5) is 0. The van der Waals surface area contributed by atoms with E-state index < -0.39 is 0 Å². The lowest BCUT2D eigenvalue weighted by Gasteiger charge is -2.48. The summed E-state index contributed by atoms with van der Waals surface area (Å²) in [6, 6.07) is 0. The highest BCUT2D eigenvalue weighted by Crippen LogP contribution is 2.49. The van der Waals surface area contributed by atoms with E-state index >= 15 is 0 Å². The fraction of sp³-hybridized carbons (Fsp3) is 1.00. The lowest BCUT2D eigenvalue weighted by Crippen LogP contribution is -2.40. The third-order valence-electron chi connectivity index (χ3n) is 4.73. The average molecular weight is 210 g/mol. The third-order valence-corrected chi connectivity index (χ3v) is 4.73. The van der Waals surface area contributed by atoms with Gasteiger partial charge in [0.05, 0.1) is 6.10 Å². The maximum Gasteiger partial charge on any atom is 0.0543 e. The lowest BCUT2D eigenvalue weighted by atomic mass is 9.58. The molecule has 2 aliphatic carbocycles. The maximum atomic E-state index is 9.74. The van der Waals surface area contributed by atoms with E-state index in [1.54, 1.807) is 0 Å². The summed E-state index contributed by atoms with van der Waals surface area (Å²) in [5, 5.41) is 9.74. The molecule has 15 heavy (non-hydrogen) atoms. The molecule has 2 aliphatic rings. The SMILES string of the molecule is CC(C)(C)C1CCCC2CC(O)CCC21. The monoisotopic (exact) mass is 210 g/mol. The number of hydrogen-bond donors (Lipinski definition) is 1. The van der Waals surface area contributed by atoms with Crippen molar-refractivity contribution in [3.05, 3.63) is 0 Å². The first-order valence-corrected chi connectivity index (χ1v) is 6.66. The van der Waals surface area contributed by atoms with E-state index in [1.165, 1.54) is 25.7 Å². The molecule has 4 unspecified atom stereocenters. The topological polar surface area (TPSA) is 20.2 Å². The Hall–Kier alpha value is -0.0400. The van der Waals surface area contributed by atoms with Gasteiger partial charge in [0.15, 0.2) is 0 Å². The number of fused-ring (bicyclic) bond motifs is 1. The predicted molar refractivity (Wildman–Crippen MR) is 63.6 cm³/mol. The van der Waals surface area contributed by atoms with Crippen LogP contribution in [0.5, 0.6) is 0 Å². The van der Waals surface area contributed by atoms with Crippen molar-refractivity contribution >= 4 is 0 Å². The minimum Gasteiger partial charge on any atom is -0.393 e. The predicted octanol–water partition coefficient (Wildman–Crippen LogP) is 3.61. The summed E-state index contributed by atoms with van der Waals surface area (Å²) in [7, 11) is 0. The Kier molecular flexibility index (Phi) is 3.12.